The Balaban J connectivity index is 2.18. The van der Waals surface area contributed by atoms with Crippen molar-refractivity contribution in [2.75, 3.05) is 0 Å². The Morgan fingerprint density at radius 1 is 1.40 bits per heavy atom. The molecule has 1 aliphatic heterocycles. The molecule has 0 N–H and O–H groups in total. The standard InChI is InChI=1S/C12H11FO2/c13-11-12(6-5-10(12)14)9-4-2-1-3-8(9)7-15-11/h1-4,11H,5-7H2/t11-,12-/m1/s1. The lowest BCUT2D eigenvalue weighted by Gasteiger charge is -2.45. The third-order valence-electron chi connectivity index (χ3n) is 3.51. The molecule has 1 saturated carbocycles. The van der Waals surface area contributed by atoms with E-state index in [4.69, 9.17) is 4.74 Å². The van der Waals surface area contributed by atoms with Crippen LogP contribution in [-0.2, 0) is 21.6 Å². The molecule has 1 aliphatic carbocycles. The Bertz CT molecular complexity index is 429. The molecular formula is C12H11FO2. The number of carbonyl (C=O) groups excluding carboxylic acids is 1. The van der Waals surface area contributed by atoms with Crippen LogP contribution in [0.25, 0.3) is 0 Å². The Hall–Kier alpha value is -1.22. The highest BCUT2D eigenvalue weighted by atomic mass is 19.1. The Kier molecular flexibility index (Phi) is 1.74. The van der Waals surface area contributed by atoms with Crippen LogP contribution >= 0.6 is 0 Å². The number of hydrogen-bond donors (Lipinski definition) is 0. The summed E-state index contributed by atoms with van der Waals surface area (Å²) in [6.45, 7) is 0.270. The third-order valence-corrected chi connectivity index (χ3v) is 3.51. The smallest absolute Gasteiger partial charge is 0.215 e. The van der Waals surface area contributed by atoms with Crippen molar-refractivity contribution < 1.29 is 13.9 Å². The van der Waals surface area contributed by atoms with Gasteiger partial charge >= 0.3 is 0 Å². The van der Waals surface area contributed by atoms with Crippen molar-refractivity contribution in [1.82, 2.24) is 0 Å². The topological polar surface area (TPSA) is 26.3 Å². The maximum absolute atomic E-state index is 13.8. The van der Waals surface area contributed by atoms with E-state index in [1.807, 2.05) is 24.3 Å². The lowest BCUT2D eigenvalue weighted by molar-refractivity contribution is -0.164. The summed E-state index contributed by atoms with van der Waals surface area (Å²) in [6.07, 6.45) is -0.420. The van der Waals surface area contributed by atoms with Crippen molar-refractivity contribution in [2.24, 2.45) is 0 Å². The summed E-state index contributed by atoms with van der Waals surface area (Å²) in [5.74, 6) is -0.0258. The van der Waals surface area contributed by atoms with Gasteiger partial charge in [0.15, 0.2) is 0 Å². The highest BCUT2D eigenvalue weighted by molar-refractivity contribution is 5.96. The van der Waals surface area contributed by atoms with E-state index in [1.54, 1.807) is 0 Å². The first kappa shape index (κ1) is 9.04. The molecule has 2 nitrogen and oxygen atoms in total. The number of rotatable bonds is 0. The Labute approximate surface area is 87.0 Å². The molecule has 78 valence electrons. The van der Waals surface area contributed by atoms with E-state index in [1.165, 1.54) is 0 Å². The molecule has 15 heavy (non-hydrogen) atoms. The molecule has 1 spiro atoms. The van der Waals surface area contributed by atoms with Crippen LogP contribution in [0.2, 0.25) is 0 Å². The summed E-state index contributed by atoms with van der Waals surface area (Å²) < 4.78 is 18.8. The van der Waals surface area contributed by atoms with Gasteiger partial charge in [0.05, 0.1) is 6.61 Å². The SMILES string of the molecule is O=C1CC[C@@]12c1ccccc1CO[C@H]2F. The number of benzene rings is 1. The summed E-state index contributed by atoms with van der Waals surface area (Å²) >= 11 is 0. The average Bonchev–Trinajstić information content (AvgIpc) is 2.27. The van der Waals surface area contributed by atoms with Crippen LogP contribution in [0.4, 0.5) is 4.39 Å². The molecule has 0 unspecified atom stereocenters. The fourth-order valence-corrected chi connectivity index (χ4v) is 2.53. The second-order valence-corrected chi connectivity index (χ2v) is 4.18. The largest absolute Gasteiger partial charge is 0.342 e. The van der Waals surface area contributed by atoms with Crippen molar-refractivity contribution in [1.29, 1.82) is 0 Å². The van der Waals surface area contributed by atoms with E-state index >= 15 is 0 Å². The first-order chi connectivity index (χ1) is 7.25. The quantitative estimate of drug-likeness (QED) is 0.649. The van der Waals surface area contributed by atoms with E-state index in [2.05, 4.69) is 0 Å². The van der Waals surface area contributed by atoms with Gasteiger partial charge in [-0.15, -0.1) is 0 Å². The maximum Gasteiger partial charge on any atom is 0.215 e. The summed E-state index contributed by atoms with van der Waals surface area (Å²) in [7, 11) is 0. The highest BCUT2D eigenvalue weighted by Gasteiger charge is 2.57. The molecule has 1 fully saturated rings. The predicted octanol–water partition coefficient (Wildman–Crippen LogP) is 2.11. The highest BCUT2D eigenvalue weighted by Crippen LogP contribution is 2.48. The molecule has 0 bridgehead atoms. The number of fused-ring (bicyclic) bond motifs is 2. The third kappa shape index (κ3) is 0.988. The van der Waals surface area contributed by atoms with Gasteiger partial charge in [0.2, 0.25) is 6.36 Å². The van der Waals surface area contributed by atoms with Gasteiger partial charge in [-0.25, -0.2) is 4.39 Å². The minimum absolute atomic E-state index is 0.0258. The fraction of sp³-hybridized carbons (Fsp3) is 0.417. The zero-order valence-electron chi connectivity index (χ0n) is 8.20. The molecular weight excluding hydrogens is 195 g/mol. The predicted molar refractivity (Wildman–Crippen MR) is 52.0 cm³/mol. The van der Waals surface area contributed by atoms with Crippen LogP contribution in [0.3, 0.4) is 0 Å². The van der Waals surface area contributed by atoms with Crippen molar-refractivity contribution in [3.05, 3.63) is 35.4 Å². The number of carbonyl (C=O) groups is 1. The lowest BCUT2D eigenvalue weighted by atomic mass is 9.61. The normalized spacial score (nSPS) is 33.7. The molecule has 0 aromatic heterocycles. The number of alkyl halides is 1. The van der Waals surface area contributed by atoms with Crippen molar-refractivity contribution >= 4 is 5.78 Å². The number of hydrogen-bond acceptors (Lipinski definition) is 2. The van der Waals surface area contributed by atoms with Crippen molar-refractivity contribution in [3.8, 4) is 0 Å². The van der Waals surface area contributed by atoms with Gasteiger partial charge in [0, 0.05) is 6.42 Å². The molecule has 3 heteroatoms. The van der Waals surface area contributed by atoms with Crippen LogP contribution < -0.4 is 0 Å². The number of Topliss-reactive ketones (excluding diaryl/α,β-unsaturated/α-hetero) is 1. The van der Waals surface area contributed by atoms with Gasteiger partial charge in [-0.1, -0.05) is 24.3 Å². The van der Waals surface area contributed by atoms with E-state index in [0.717, 1.165) is 11.1 Å². The first-order valence-corrected chi connectivity index (χ1v) is 5.12. The molecule has 3 rings (SSSR count). The molecule has 0 amide bonds. The van der Waals surface area contributed by atoms with E-state index < -0.39 is 11.8 Å². The van der Waals surface area contributed by atoms with Gasteiger partial charge in [-0.3, -0.25) is 4.79 Å². The van der Waals surface area contributed by atoms with Crippen LogP contribution in [0.15, 0.2) is 24.3 Å². The van der Waals surface area contributed by atoms with Gasteiger partial charge < -0.3 is 4.74 Å². The molecule has 1 heterocycles. The van der Waals surface area contributed by atoms with Gasteiger partial charge in [-0.05, 0) is 17.5 Å². The van der Waals surface area contributed by atoms with Crippen molar-refractivity contribution in [2.45, 2.75) is 31.2 Å². The van der Waals surface area contributed by atoms with Crippen LogP contribution in [0.5, 0.6) is 0 Å². The monoisotopic (exact) mass is 206 g/mol. The minimum atomic E-state index is -1.46. The molecule has 0 saturated heterocycles. The maximum atomic E-state index is 13.8. The summed E-state index contributed by atoms with van der Waals surface area (Å²) in [6, 6.07) is 7.48. The number of ether oxygens (including phenoxy) is 1. The lowest BCUT2D eigenvalue weighted by Crippen LogP contribution is -2.55. The zero-order valence-corrected chi connectivity index (χ0v) is 8.20. The average molecular weight is 206 g/mol. The van der Waals surface area contributed by atoms with Gasteiger partial charge in [-0.2, -0.15) is 0 Å². The summed E-state index contributed by atoms with van der Waals surface area (Å²) in [4.78, 5) is 11.7. The Morgan fingerprint density at radius 2 is 2.20 bits per heavy atom. The molecule has 1 aromatic carbocycles. The number of halogens is 1. The summed E-state index contributed by atoms with van der Waals surface area (Å²) in [5.41, 5.74) is 0.800. The number of ketones is 1. The van der Waals surface area contributed by atoms with Gasteiger partial charge in [0.25, 0.3) is 0 Å². The van der Waals surface area contributed by atoms with E-state index in [0.29, 0.717) is 12.8 Å². The molecule has 2 atom stereocenters. The first-order valence-electron chi connectivity index (χ1n) is 5.12. The molecule has 2 aliphatic rings. The fourth-order valence-electron chi connectivity index (χ4n) is 2.53. The van der Waals surface area contributed by atoms with Crippen molar-refractivity contribution in [3.63, 3.8) is 0 Å². The summed E-state index contributed by atoms with van der Waals surface area (Å²) in [5, 5.41) is 0. The molecule has 0 radical (unpaired) electrons. The Morgan fingerprint density at radius 3 is 2.87 bits per heavy atom. The molecule has 1 aromatic rings. The van der Waals surface area contributed by atoms with Crippen LogP contribution in [0.1, 0.15) is 24.0 Å². The second kappa shape index (κ2) is 2.89. The van der Waals surface area contributed by atoms with E-state index in [9.17, 15) is 9.18 Å². The second-order valence-electron chi connectivity index (χ2n) is 4.18. The van der Waals surface area contributed by atoms with Crippen LogP contribution in [0, 0.1) is 0 Å². The minimum Gasteiger partial charge on any atom is -0.342 e. The zero-order chi connectivity index (χ0) is 10.5. The van der Waals surface area contributed by atoms with Crippen LogP contribution in [-0.4, -0.2) is 12.1 Å². The van der Waals surface area contributed by atoms with E-state index in [-0.39, 0.29) is 12.4 Å². The van der Waals surface area contributed by atoms with Gasteiger partial charge in [0.1, 0.15) is 11.2 Å².